The van der Waals surface area contributed by atoms with Crippen LogP contribution in [0.15, 0.2) is 54.6 Å². The number of hydrogen-bond donors (Lipinski definition) is 3. The molecule has 0 saturated carbocycles. The molecule has 0 bridgehead atoms. The van der Waals surface area contributed by atoms with Gasteiger partial charge in [-0.15, -0.1) is 0 Å². The van der Waals surface area contributed by atoms with Gasteiger partial charge in [-0.2, -0.15) is 0 Å². The lowest BCUT2D eigenvalue weighted by Crippen LogP contribution is -2.52. The standard InChI is InChI=1S/C20H21FN2O4/c1-13(24)22-17(11-14-6-3-2-4-7-14)19(25)23-18(20(26)27)12-15-8-5-9-16(21)10-15/h2-10,17-18H,11-12H2,1H3,(H,22,24)(H,23,25)(H,26,27)/t17-,18-/m1/s1. The van der Waals surface area contributed by atoms with Crippen LogP contribution in [0.25, 0.3) is 0 Å². The molecule has 0 saturated heterocycles. The van der Waals surface area contributed by atoms with Crippen molar-refractivity contribution in [2.24, 2.45) is 0 Å². The number of nitrogens with one attached hydrogen (secondary N) is 2. The number of carboxylic acids is 1. The molecule has 142 valence electrons. The first-order valence-electron chi connectivity index (χ1n) is 8.44. The summed E-state index contributed by atoms with van der Waals surface area (Å²) in [6.07, 6.45) is 0.148. The second kappa shape index (κ2) is 9.47. The summed E-state index contributed by atoms with van der Waals surface area (Å²) >= 11 is 0. The Bertz CT molecular complexity index is 811. The third-order valence-corrected chi connectivity index (χ3v) is 3.92. The average molecular weight is 372 g/mol. The van der Waals surface area contributed by atoms with E-state index in [4.69, 9.17) is 0 Å². The largest absolute Gasteiger partial charge is 0.480 e. The van der Waals surface area contributed by atoms with Crippen LogP contribution in [0.3, 0.4) is 0 Å². The predicted molar refractivity (Wildman–Crippen MR) is 97.4 cm³/mol. The van der Waals surface area contributed by atoms with Crippen LogP contribution in [-0.2, 0) is 27.2 Å². The van der Waals surface area contributed by atoms with Crippen LogP contribution in [0.2, 0.25) is 0 Å². The quantitative estimate of drug-likeness (QED) is 0.657. The Kier molecular flexibility index (Phi) is 7.05. The first-order valence-corrected chi connectivity index (χ1v) is 8.44. The van der Waals surface area contributed by atoms with Crippen LogP contribution < -0.4 is 10.6 Å². The zero-order valence-electron chi connectivity index (χ0n) is 14.8. The van der Waals surface area contributed by atoms with Crippen molar-refractivity contribution in [3.8, 4) is 0 Å². The number of rotatable bonds is 8. The van der Waals surface area contributed by atoms with Gasteiger partial charge in [0, 0.05) is 19.8 Å². The van der Waals surface area contributed by atoms with Crippen molar-refractivity contribution in [2.75, 3.05) is 0 Å². The zero-order chi connectivity index (χ0) is 19.8. The highest BCUT2D eigenvalue weighted by Crippen LogP contribution is 2.08. The van der Waals surface area contributed by atoms with Gasteiger partial charge in [0.25, 0.3) is 0 Å². The van der Waals surface area contributed by atoms with Crippen LogP contribution in [0.4, 0.5) is 4.39 Å². The molecule has 0 fully saturated rings. The minimum Gasteiger partial charge on any atom is -0.480 e. The summed E-state index contributed by atoms with van der Waals surface area (Å²) in [4.78, 5) is 35.6. The number of hydrogen-bond acceptors (Lipinski definition) is 3. The van der Waals surface area contributed by atoms with Crippen molar-refractivity contribution >= 4 is 17.8 Å². The first kappa shape index (κ1) is 20.1. The van der Waals surface area contributed by atoms with E-state index in [0.717, 1.165) is 5.56 Å². The van der Waals surface area contributed by atoms with E-state index < -0.39 is 35.7 Å². The van der Waals surface area contributed by atoms with Crippen molar-refractivity contribution in [3.63, 3.8) is 0 Å². The fourth-order valence-corrected chi connectivity index (χ4v) is 2.68. The number of halogens is 1. The third kappa shape index (κ3) is 6.54. The molecule has 3 N–H and O–H groups in total. The van der Waals surface area contributed by atoms with Crippen molar-refractivity contribution < 1.29 is 23.9 Å². The summed E-state index contributed by atoms with van der Waals surface area (Å²) < 4.78 is 13.3. The fourth-order valence-electron chi connectivity index (χ4n) is 2.68. The van der Waals surface area contributed by atoms with E-state index in [2.05, 4.69) is 10.6 Å². The Morgan fingerprint density at radius 3 is 2.15 bits per heavy atom. The number of amides is 2. The molecule has 0 aliphatic carbocycles. The minimum atomic E-state index is -1.24. The van der Waals surface area contributed by atoms with Gasteiger partial charge < -0.3 is 15.7 Å². The van der Waals surface area contributed by atoms with E-state index >= 15 is 0 Å². The van der Waals surface area contributed by atoms with Gasteiger partial charge in [-0.1, -0.05) is 42.5 Å². The Morgan fingerprint density at radius 1 is 0.926 bits per heavy atom. The van der Waals surface area contributed by atoms with E-state index in [0.29, 0.717) is 5.56 Å². The number of carbonyl (C=O) groups excluding carboxylic acids is 2. The predicted octanol–water partition coefficient (Wildman–Crippen LogP) is 1.68. The smallest absolute Gasteiger partial charge is 0.326 e. The van der Waals surface area contributed by atoms with Gasteiger partial charge >= 0.3 is 5.97 Å². The highest BCUT2D eigenvalue weighted by Gasteiger charge is 2.26. The molecule has 0 heterocycles. The van der Waals surface area contributed by atoms with Gasteiger partial charge in [0.15, 0.2) is 0 Å². The monoisotopic (exact) mass is 372 g/mol. The maximum atomic E-state index is 13.3. The molecule has 2 rings (SSSR count). The van der Waals surface area contributed by atoms with Gasteiger partial charge in [0.1, 0.15) is 17.9 Å². The Hall–Kier alpha value is -3.22. The van der Waals surface area contributed by atoms with E-state index in [1.807, 2.05) is 30.3 Å². The van der Waals surface area contributed by atoms with Crippen LogP contribution in [0.1, 0.15) is 18.1 Å². The van der Waals surface area contributed by atoms with Crippen LogP contribution in [0, 0.1) is 5.82 Å². The highest BCUT2D eigenvalue weighted by atomic mass is 19.1. The molecule has 27 heavy (non-hydrogen) atoms. The first-order chi connectivity index (χ1) is 12.8. The Balaban J connectivity index is 2.11. The van der Waals surface area contributed by atoms with Gasteiger partial charge in [0.05, 0.1) is 0 Å². The molecule has 2 aromatic rings. The molecule has 2 aromatic carbocycles. The summed E-state index contributed by atoms with van der Waals surface area (Å²) in [5.41, 5.74) is 1.27. The van der Waals surface area contributed by atoms with Crippen LogP contribution >= 0.6 is 0 Å². The lowest BCUT2D eigenvalue weighted by atomic mass is 10.0. The molecule has 0 aromatic heterocycles. The van der Waals surface area contributed by atoms with Gasteiger partial charge in [-0.3, -0.25) is 9.59 Å². The molecule has 0 unspecified atom stereocenters. The molecule has 0 spiro atoms. The molecular formula is C20H21FN2O4. The minimum absolute atomic E-state index is 0.0725. The lowest BCUT2D eigenvalue weighted by Gasteiger charge is -2.21. The van der Waals surface area contributed by atoms with E-state index in [1.165, 1.54) is 25.1 Å². The van der Waals surface area contributed by atoms with Crippen molar-refractivity contribution in [2.45, 2.75) is 31.8 Å². The zero-order valence-corrected chi connectivity index (χ0v) is 14.8. The SMILES string of the molecule is CC(=O)N[C@H](Cc1ccccc1)C(=O)N[C@H](Cc1cccc(F)c1)C(=O)O. The van der Waals surface area contributed by atoms with E-state index in [1.54, 1.807) is 6.07 Å². The second-order valence-electron chi connectivity index (χ2n) is 6.18. The summed E-state index contributed by atoms with van der Waals surface area (Å²) in [7, 11) is 0. The topological polar surface area (TPSA) is 95.5 Å². The molecule has 0 aliphatic rings. The molecule has 2 amide bonds. The normalized spacial score (nSPS) is 12.7. The number of carbonyl (C=O) groups is 3. The molecule has 7 heteroatoms. The lowest BCUT2D eigenvalue weighted by molar-refractivity contribution is -0.142. The van der Waals surface area contributed by atoms with E-state index in [9.17, 15) is 23.9 Å². The molecular weight excluding hydrogens is 351 g/mol. The van der Waals surface area contributed by atoms with Gasteiger partial charge in [0.2, 0.25) is 11.8 Å². The maximum absolute atomic E-state index is 13.3. The Morgan fingerprint density at radius 2 is 1.56 bits per heavy atom. The van der Waals surface area contributed by atoms with Crippen LogP contribution in [-0.4, -0.2) is 35.0 Å². The molecule has 0 radical (unpaired) electrons. The summed E-state index contributed by atoms with van der Waals surface area (Å²) in [6.45, 7) is 1.28. The Labute approximate surface area is 156 Å². The van der Waals surface area contributed by atoms with Gasteiger partial charge in [-0.05, 0) is 23.3 Å². The molecule has 0 aliphatic heterocycles. The second-order valence-corrected chi connectivity index (χ2v) is 6.18. The van der Waals surface area contributed by atoms with Crippen molar-refractivity contribution in [3.05, 3.63) is 71.5 Å². The third-order valence-electron chi connectivity index (χ3n) is 3.92. The van der Waals surface area contributed by atoms with Crippen LogP contribution in [0.5, 0.6) is 0 Å². The number of aliphatic carboxylic acids is 1. The number of carboxylic acid groups (broad SMARTS) is 1. The number of benzene rings is 2. The van der Waals surface area contributed by atoms with Crippen molar-refractivity contribution in [1.29, 1.82) is 0 Å². The molecule has 6 nitrogen and oxygen atoms in total. The van der Waals surface area contributed by atoms with Gasteiger partial charge in [-0.25, -0.2) is 9.18 Å². The fraction of sp³-hybridized carbons (Fsp3) is 0.250. The summed E-state index contributed by atoms with van der Waals surface area (Å²) in [5, 5.41) is 14.4. The average Bonchev–Trinajstić information content (AvgIpc) is 2.61. The van der Waals surface area contributed by atoms with Crippen molar-refractivity contribution in [1.82, 2.24) is 10.6 Å². The van der Waals surface area contributed by atoms with E-state index in [-0.39, 0.29) is 12.8 Å². The molecule has 2 atom stereocenters. The summed E-state index contributed by atoms with van der Waals surface area (Å²) in [6, 6.07) is 12.4. The summed E-state index contributed by atoms with van der Waals surface area (Å²) in [5.74, 6) is -2.74. The highest BCUT2D eigenvalue weighted by molar-refractivity contribution is 5.90. The maximum Gasteiger partial charge on any atom is 0.326 e.